The minimum Gasteiger partial charge on any atom is -0.328 e. The van der Waals surface area contributed by atoms with Crippen molar-refractivity contribution >= 4 is 5.78 Å². The van der Waals surface area contributed by atoms with E-state index < -0.39 is 0 Å². The van der Waals surface area contributed by atoms with Gasteiger partial charge >= 0.3 is 0 Å². The number of imidazole rings is 1. The molecule has 1 saturated carbocycles. The standard InChI is InChI=1S/C10H12N2O/c1-12-9-7(4-5-8(9)13)11-10(12)6-2-3-6/h6H,2-5H2,1H3. The minimum absolute atomic E-state index is 0.275. The predicted molar refractivity (Wildman–Crippen MR) is 47.8 cm³/mol. The summed E-state index contributed by atoms with van der Waals surface area (Å²) in [4.78, 5) is 16.0. The molecule has 3 nitrogen and oxygen atoms in total. The molecule has 1 fully saturated rings. The van der Waals surface area contributed by atoms with Gasteiger partial charge in [0.05, 0.1) is 5.69 Å². The first kappa shape index (κ1) is 7.30. The molecule has 0 spiro atoms. The molecule has 0 saturated heterocycles. The van der Waals surface area contributed by atoms with Crippen LogP contribution < -0.4 is 0 Å². The smallest absolute Gasteiger partial charge is 0.181 e. The second-order valence-corrected chi connectivity index (χ2v) is 4.02. The van der Waals surface area contributed by atoms with E-state index in [1.807, 2.05) is 11.6 Å². The number of Topliss-reactive ketones (excluding diaryl/α,β-unsaturated/α-hetero) is 1. The topological polar surface area (TPSA) is 34.9 Å². The highest BCUT2D eigenvalue weighted by atomic mass is 16.1. The average molecular weight is 176 g/mol. The number of carbonyl (C=O) groups excluding carboxylic acids is 1. The summed E-state index contributed by atoms with van der Waals surface area (Å²) < 4.78 is 2.02. The summed E-state index contributed by atoms with van der Waals surface area (Å²) in [7, 11) is 1.97. The van der Waals surface area contributed by atoms with E-state index in [1.54, 1.807) is 0 Å². The largest absolute Gasteiger partial charge is 0.328 e. The maximum Gasteiger partial charge on any atom is 0.181 e. The Labute approximate surface area is 76.8 Å². The number of carbonyl (C=O) groups is 1. The number of hydrogen-bond acceptors (Lipinski definition) is 2. The van der Waals surface area contributed by atoms with Crippen molar-refractivity contribution in [3.8, 4) is 0 Å². The van der Waals surface area contributed by atoms with Gasteiger partial charge in [-0.15, -0.1) is 0 Å². The van der Waals surface area contributed by atoms with Gasteiger partial charge < -0.3 is 4.57 Å². The van der Waals surface area contributed by atoms with Crippen LogP contribution in [-0.4, -0.2) is 15.3 Å². The van der Waals surface area contributed by atoms with Crippen LogP contribution in [0.25, 0.3) is 0 Å². The Morgan fingerprint density at radius 3 is 2.77 bits per heavy atom. The second-order valence-electron chi connectivity index (χ2n) is 4.02. The second kappa shape index (κ2) is 2.22. The third-order valence-corrected chi connectivity index (χ3v) is 3.00. The van der Waals surface area contributed by atoms with E-state index in [4.69, 9.17) is 0 Å². The maximum atomic E-state index is 11.5. The van der Waals surface area contributed by atoms with Crippen molar-refractivity contribution in [3.63, 3.8) is 0 Å². The average Bonchev–Trinajstić information content (AvgIpc) is 2.80. The van der Waals surface area contributed by atoms with Crippen molar-refractivity contribution in [3.05, 3.63) is 17.2 Å². The summed E-state index contributed by atoms with van der Waals surface area (Å²) in [5, 5.41) is 0. The van der Waals surface area contributed by atoms with Crippen LogP contribution in [0.15, 0.2) is 0 Å². The summed E-state index contributed by atoms with van der Waals surface area (Å²) in [6.45, 7) is 0. The van der Waals surface area contributed by atoms with Gasteiger partial charge in [0.25, 0.3) is 0 Å². The Hall–Kier alpha value is -1.12. The van der Waals surface area contributed by atoms with Gasteiger partial charge in [-0.3, -0.25) is 4.79 Å². The Morgan fingerprint density at radius 1 is 1.38 bits per heavy atom. The third-order valence-electron chi connectivity index (χ3n) is 3.00. The molecule has 68 valence electrons. The van der Waals surface area contributed by atoms with Gasteiger partial charge in [0.15, 0.2) is 5.78 Å². The Kier molecular flexibility index (Phi) is 1.25. The maximum absolute atomic E-state index is 11.5. The molecule has 1 heterocycles. The lowest BCUT2D eigenvalue weighted by Gasteiger charge is -2.00. The van der Waals surface area contributed by atoms with Gasteiger partial charge in [-0.2, -0.15) is 0 Å². The molecule has 0 bridgehead atoms. The van der Waals surface area contributed by atoms with E-state index in [-0.39, 0.29) is 5.78 Å². The number of fused-ring (bicyclic) bond motifs is 1. The highest BCUT2D eigenvalue weighted by molar-refractivity contribution is 5.98. The van der Waals surface area contributed by atoms with Crippen LogP contribution >= 0.6 is 0 Å². The number of aryl methyl sites for hydroxylation is 1. The molecule has 1 aromatic rings. The van der Waals surface area contributed by atoms with Gasteiger partial charge in [0.2, 0.25) is 0 Å². The Bertz CT molecular complexity index is 388. The first-order chi connectivity index (χ1) is 6.27. The fraction of sp³-hybridized carbons (Fsp3) is 0.600. The summed E-state index contributed by atoms with van der Waals surface area (Å²) in [5.74, 6) is 2.05. The number of rotatable bonds is 1. The van der Waals surface area contributed by atoms with E-state index >= 15 is 0 Å². The highest BCUT2D eigenvalue weighted by Gasteiger charge is 2.33. The monoisotopic (exact) mass is 176 g/mol. The predicted octanol–water partition coefficient (Wildman–Crippen LogP) is 1.43. The fourth-order valence-corrected chi connectivity index (χ4v) is 2.15. The van der Waals surface area contributed by atoms with Crippen molar-refractivity contribution < 1.29 is 4.79 Å². The van der Waals surface area contributed by atoms with E-state index in [1.165, 1.54) is 12.8 Å². The lowest BCUT2D eigenvalue weighted by molar-refractivity contribution is 0.0987. The lowest BCUT2D eigenvalue weighted by atomic mass is 10.3. The van der Waals surface area contributed by atoms with Crippen molar-refractivity contribution in [1.82, 2.24) is 9.55 Å². The molecule has 0 aliphatic heterocycles. The molecule has 0 amide bonds. The molecule has 0 aromatic carbocycles. The van der Waals surface area contributed by atoms with Crippen molar-refractivity contribution in [2.45, 2.75) is 31.6 Å². The zero-order valence-electron chi connectivity index (χ0n) is 7.71. The molecular formula is C10H12N2O. The van der Waals surface area contributed by atoms with Crippen LogP contribution in [0.4, 0.5) is 0 Å². The van der Waals surface area contributed by atoms with Crippen LogP contribution in [0.3, 0.4) is 0 Å². The van der Waals surface area contributed by atoms with Crippen molar-refractivity contribution in [1.29, 1.82) is 0 Å². The molecule has 0 atom stereocenters. The molecule has 0 unspecified atom stereocenters. The van der Waals surface area contributed by atoms with Crippen LogP contribution in [0.5, 0.6) is 0 Å². The first-order valence-electron chi connectivity index (χ1n) is 4.86. The molecule has 0 N–H and O–H groups in total. The molecule has 0 radical (unpaired) electrons. The summed E-state index contributed by atoms with van der Waals surface area (Å²) >= 11 is 0. The quantitative estimate of drug-likeness (QED) is 0.648. The van der Waals surface area contributed by atoms with E-state index in [0.29, 0.717) is 12.3 Å². The molecular weight excluding hydrogens is 164 g/mol. The molecule has 2 aliphatic rings. The zero-order valence-corrected chi connectivity index (χ0v) is 7.71. The van der Waals surface area contributed by atoms with E-state index in [9.17, 15) is 4.79 Å². The summed E-state index contributed by atoms with van der Waals surface area (Å²) in [5.41, 5.74) is 1.91. The van der Waals surface area contributed by atoms with Crippen molar-refractivity contribution in [2.24, 2.45) is 7.05 Å². The minimum atomic E-state index is 0.275. The third kappa shape index (κ3) is 0.900. The molecule has 2 aliphatic carbocycles. The van der Waals surface area contributed by atoms with E-state index in [2.05, 4.69) is 4.98 Å². The fourth-order valence-electron chi connectivity index (χ4n) is 2.15. The van der Waals surface area contributed by atoms with Gasteiger partial charge in [0, 0.05) is 19.4 Å². The SMILES string of the molecule is Cn1c(C2CC2)nc2c1C(=O)CC2. The molecule has 1 aromatic heterocycles. The molecule has 3 heteroatoms. The number of nitrogens with zero attached hydrogens (tertiary/aromatic N) is 2. The molecule has 3 rings (SSSR count). The van der Waals surface area contributed by atoms with Crippen LogP contribution in [0.2, 0.25) is 0 Å². The normalized spacial score (nSPS) is 20.8. The Balaban J connectivity index is 2.16. The summed E-state index contributed by atoms with van der Waals surface area (Å²) in [6, 6.07) is 0. The first-order valence-corrected chi connectivity index (χ1v) is 4.86. The van der Waals surface area contributed by atoms with E-state index in [0.717, 1.165) is 23.6 Å². The zero-order chi connectivity index (χ0) is 9.00. The van der Waals surface area contributed by atoms with Gasteiger partial charge in [0.1, 0.15) is 11.5 Å². The number of hydrogen-bond donors (Lipinski definition) is 0. The van der Waals surface area contributed by atoms with Gasteiger partial charge in [-0.05, 0) is 19.3 Å². The van der Waals surface area contributed by atoms with Crippen LogP contribution in [-0.2, 0) is 13.5 Å². The van der Waals surface area contributed by atoms with Gasteiger partial charge in [-0.25, -0.2) is 4.98 Å². The summed E-state index contributed by atoms with van der Waals surface area (Å²) in [6.07, 6.45) is 4.01. The lowest BCUT2D eigenvalue weighted by Crippen LogP contribution is -2.04. The highest BCUT2D eigenvalue weighted by Crippen LogP contribution is 2.40. The number of ketones is 1. The number of aromatic nitrogens is 2. The Morgan fingerprint density at radius 2 is 2.15 bits per heavy atom. The van der Waals surface area contributed by atoms with Gasteiger partial charge in [-0.1, -0.05) is 0 Å². The van der Waals surface area contributed by atoms with Crippen LogP contribution in [0.1, 0.15) is 47.2 Å². The van der Waals surface area contributed by atoms with Crippen LogP contribution in [0, 0.1) is 0 Å². The van der Waals surface area contributed by atoms with Crippen molar-refractivity contribution in [2.75, 3.05) is 0 Å². The molecule has 13 heavy (non-hydrogen) atoms.